The topological polar surface area (TPSA) is 51.3 Å². The summed E-state index contributed by atoms with van der Waals surface area (Å²) < 4.78 is 7.55. The van der Waals surface area contributed by atoms with E-state index in [0.717, 1.165) is 34.9 Å². The third-order valence-electron chi connectivity index (χ3n) is 4.81. The lowest BCUT2D eigenvalue weighted by Crippen LogP contribution is -2.27. The van der Waals surface area contributed by atoms with Crippen LogP contribution in [0.5, 0.6) is 0 Å². The molecule has 0 saturated heterocycles. The second kappa shape index (κ2) is 9.01. The van der Waals surface area contributed by atoms with Gasteiger partial charge >= 0.3 is 0 Å². The van der Waals surface area contributed by atoms with Gasteiger partial charge in [-0.1, -0.05) is 54.2 Å². The molecule has 0 spiro atoms. The maximum absolute atomic E-state index is 12.6. The summed E-state index contributed by atoms with van der Waals surface area (Å²) in [6, 6.07) is 22.3. The van der Waals surface area contributed by atoms with E-state index in [0.29, 0.717) is 12.3 Å². The Hall–Kier alpha value is -2.99. The van der Waals surface area contributed by atoms with Crippen molar-refractivity contribution in [3.05, 3.63) is 84.3 Å². The van der Waals surface area contributed by atoms with Crippen molar-refractivity contribution in [1.29, 1.82) is 0 Å². The molecule has 0 bridgehead atoms. The summed E-state index contributed by atoms with van der Waals surface area (Å²) in [5.41, 5.74) is 3.34. The molecule has 2 heterocycles. The monoisotopic (exact) mass is 405 g/mol. The van der Waals surface area contributed by atoms with Crippen LogP contribution in [-0.2, 0) is 24.3 Å². The predicted molar refractivity (Wildman–Crippen MR) is 116 cm³/mol. The highest BCUT2D eigenvalue weighted by molar-refractivity contribution is 7.99. The van der Waals surface area contributed by atoms with Crippen LogP contribution in [0.15, 0.2) is 82.6 Å². The molecule has 5 nitrogen and oxygen atoms in total. The van der Waals surface area contributed by atoms with Crippen molar-refractivity contribution in [2.75, 3.05) is 12.8 Å². The van der Waals surface area contributed by atoms with Gasteiger partial charge in [0.2, 0.25) is 5.91 Å². The normalized spacial score (nSPS) is 11.1. The summed E-state index contributed by atoms with van der Waals surface area (Å²) in [5.74, 6) is 1.17. The van der Waals surface area contributed by atoms with Gasteiger partial charge in [-0.3, -0.25) is 4.79 Å². The molecule has 29 heavy (non-hydrogen) atoms. The van der Waals surface area contributed by atoms with Crippen LogP contribution in [0.3, 0.4) is 0 Å². The average molecular weight is 406 g/mol. The Labute approximate surface area is 174 Å². The molecule has 148 valence electrons. The number of aryl methyl sites for hydroxylation is 2. The summed E-state index contributed by atoms with van der Waals surface area (Å²) in [5, 5.41) is 0.877. The number of hydrogen-bond acceptors (Lipinski definition) is 4. The first-order valence-corrected chi connectivity index (χ1v) is 10.6. The van der Waals surface area contributed by atoms with Gasteiger partial charge in [0.05, 0.1) is 29.6 Å². The van der Waals surface area contributed by atoms with Crippen molar-refractivity contribution < 1.29 is 9.21 Å². The largest absolute Gasteiger partial charge is 0.467 e. The van der Waals surface area contributed by atoms with Gasteiger partial charge in [0.15, 0.2) is 5.16 Å². The number of furan rings is 1. The second-order valence-electron chi connectivity index (χ2n) is 6.89. The second-order valence-corrected chi connectivity index (χ2v) is 7.83. The van der Waals surface area contributed by atoms with E-state index >= 15 is 0 Å². The molecular weight excluding hydrogens is 382 g/mol. The number of amides is 1. The lowest BCUT2D eigenvalue weighted by molar-refractivity contribution is -0.127. The fraction of sp³-hybridized carbons (Fsp3) is 0.217. The van der Waals surface area contributed by atoms with E-state index in [2.05, 4.69) is 34.9 Å². The third kappa shape index (κ3) is 4.71. The zero-order chi connectivity index (χ0) is 20.1. The van der Waals surface area contributed by atoms with Crippen molar-refractivity contribution in [3.8, 4) is 0 Å². The SMILES string of the molecule is CN(Cc1ccco1)C(=O)CSc1nc2ccccc2n1CCc1ccccc1. The highest BCUT2D eigenvalue weighted by atomic mass is 32.2. The smallest absolute Gasteiger partial charge is 0.233 e. The van der Waals surface area contributed by atoms with Crippen LogP contribution in [-0.4, -0.2) is 33.2 Å². The summed E-state index contributed by atoms with van der Waals surface area (Å²) in [7, 11) is 1.80. The van der Waals surface area contributed by atoms with Crippen molar-refractivity contribution in [3.63, 3.8) is 0 Å². The van der Waals surface area contributed by atoms with Gasteiger partial charge in [-0.25, -0.2) is 4.98 Å². The highest BCUT2D eigenvalue weighted by Gasteiger charge is 2.16. The highest BCUT2D eigenvalue weighted by Crippen LogP contribution is 2.25. The van der Waals surface area contributed by atoms with E-state index in [-0.39, 0.29) is 5.91 Å². The van der Waals surface area contributed by atoms with E-state index in [1.54, 1.807) is 18.2 Å². The number of imidazole rings is 1. The van der Waals surface area contributed by atoms with Crippen LogP contribution in [0.1, 0.15) is 11.3 Å². The molecule has 0 aliphatic carbocycles. The number of nitrogens with zero attached hydrogens (tertiary/aromatic N) is 3. The number of para-hydroxylation sites is 2. The molecule has 0 fully saturated rings. The van der Waals surface area contributed by atoms with Gasteiger partial charge in [-0.05, 0) is 36.2 Å². The Kier molecular flexibility index (Phi) is 6.00. The minimum Gasteiger partial charge on any atom is -0.467 e. The summed E-state index contributed by atoms with van der Waals surface area (Å²) in [6.45, 7) is 1.29. The van der Waals surface area contributed by atoms with E-state index in [1.165, 1.54) is 17.3 Å². The minimum absolute atomic E-state index is 0.0491. The van der Waals surface area contributed by atoms with Crippen molar-refractivity contribution in [2.45, 2.75) is 24.7 Å². The fourth-order valence-electron chi connectivity index (χ4n) is 3.23. The van der Waals surface area contributed by atoms with Crippen molar-refractivity contribution in [1.82, 2.24) is 14.5 Å². The first kappa shape index (κ1) is 19.3. The third-order valence-corrected chi connectivity index (χ3v) is 5.77. The molecular formula is C23H23N3O2S. The van der Waals surface area contributed by atoms with Crippen molar-refractivity contribution in [2.24, 2.45) is 0 Å². The Morgan fingerprint density at radius 2 is 1.86 bits per heavy atom. The molecule has 2 aromatic heterocycles. The van der Waals surface area contributed by atoms with Crippen LogP contribution in [0, 0.1) is 0 Å². The van der Waals surface area contributed by atoms with Crippen LogP contribution in [0.25, 0.3) is 11.0 Å². The number of fused-ring (bicyclic) bond motifs is 1. The Morgan fingerprint density at radius 3 is 2.66 bits per heavy atom. The van der Waals surface area contributed by atoms with Crippen LogP contribution in [0.2, 0.25) is 0 Å². The number of hydrogen-bond donors (Lipinski definition) is 0. The van der Waals surface area contributed by atoms with Gasteiger partial charge in [-0.15, -0.1) is 0 Å². The Bertz CT molecular complexity index is 1070. The molecule has 0 N–H and O–H groups in total. The lowest BCUT2D eigenvalue weighted by Gasteiger charge is -2.15. The number of carbonyl (C=O) groups excluding carboxylic acids is 1. The summed E-state index contributed by atoms with van der Waals surface area (Å²) in [4.78, 5) is 19.0. The molecule has 6 heteroatoms. The molecule has 0 radical (unpaired) electrons. The number of aromatic nitrogens is 2. The zero-order valence-electron chi connectivity index (χ0n) is 16.3. The van der Waals surface area contributed by atoms with Gasteiger partial charge in [0.25, 0.3) is 0 Å². The quantitative estimate of drug-likeness (QED) is 0.401. The predicted octanol–water partition coefficient (Wildman–Crippen LogP) is 4.62. The number of carbonyl (C=O) groups is 1. The molecule has 0 aliphatic heterocycles. The molecule has 1 amide bonds. The maximum Gasteiger partial charge on any atom is 0.233 e. The first-order chi connectivity index (χ1) is 14.2. The fourth-order valence-corrected chi connectivity index (χ4v) is 4.21. The van der Waals surface area contributed by atoms with Gasteiger partial charge in [-0.2, -0.15) is 0 Å². The van der Waals surface area contributed by atoms with E-state index in [4.69, 9.17) is 9.40 Å². The molecule has 0 saturated carbocycles. The molecule has 4 aromatic rings. The standard InChI is InChI=1S/C23H23N3O2S/c1-25(16-19-10-7-15-28-19)22(27)17-29-23-24-20-11-5-6-12-21(20)26(23)14-13-18-8-3-2-4-9-18/h2-12,15H,13-14,16-17H2,1H3. The average Bonchev–Trinajstić information content (AvgIpc) is 3.38. The van der Waals surface area contributed by atoms with E-state index < -0.39 is 0 Å². The van der Waals surface area contributed by atoms with Gasteiger partial charge < -0.3 is 13.9 Å². The van der Waals surface area contributed by atoms with E-state index in [1.807, 2.05) is 36.4 Å². The molecule has 0 atom stereocenters. The van der Waals surface area contributed by atoms with Crippen LogP contribution < -0.4 is 0 Å². The van der Waals surface area contributed by atoms with Gasteiger partial charge in [0, 0.05) is 13.6 Å². The zero-order valence-corrected chi connectivity index (χ0v) is 17.1. The lowest BCUT2D eigenvalue weighted by atomic mass is 10.1. The number of rotatable bonds is 8. The van der Waals surface area contributed by atoms with Gasteiger partial charge in [0.1, 0.15) is 5.76 Å². The first-order valence-electron chi connectivity index (χ1n) is 9.59. The summed E-state index contributed by atoms with van der Waals surface area (Å²) in [6.07, 6.45) is 2.54. The van der Waals surface area contributed by atoms with Crippen LogP contribution in [0.4, 0.5) is 0 Å². The Morgan fingerprint density at radius 1 is 1.07 bits per heavy atom. The number of benzene rings is 2. The Balaban J connectivity index is 1.46. The van der Waals surface area contributed by atoms with Crippen LogP contribution >= 0.6 is 11.8 Å². The van der Waals surface area contributed by atoms with Crippen molar-refractivity contribution >= 4 is 28.7 Å². The number of thioether (sulfide) groups is 1. The maximum atomic E-state index is 12.6. The molecule has 0 unspecified atom stereocenters. The molecule has 4 rings (SSSR count). The minimum atomic E-state index is 0.0491. The summed E-state index contributed by atoms with van der Waals surface area (Å²) >= 11 is 1.49. The van der Waals surface area contributed by atoms with E-state index in [9.17, 15) is 4.79 Å². The molecule has 2 aromatic carbocycles. The molecule has 0 aliphatic rings.